The van der Waals surface area contributed by atoms with E-state index in [1.807, 2.05) is 44.2 Å². The third-order valence-electron chi connectivity index (χ3n) is 5.60. The molecule has 0 spiro atoms. The number of aryl methyl sites for hydroxylation is 1. The summed E-state index contributed by atoms with van der Waals surface area (Å²) in [5, 5.41) is 5.97. The molecule has 5 heteroatoms. The van der Waals surface area contributed by atoms with E-state index in [4.69, 9.17) is 4.74 Å². The number of carbonyl (C=O) groups excluding carboxylic acids is 2. The first kappa shape index (κ1) is 20.9. The predicted molar refractivity (Wildman–Crippen MR) is 115 cm³/mol. The van der Waals surface area contributed by atoms with Gasteiger partial charge in [-0.1, -0.05) is 43.5 Å². The van der Waals surface area contributed by atoms with Gasteiger partial charge in [-0.25, -0.2) is 0 Å². The summed E-state index contributed by atoms with van der Waals surface area (Å²) in [5.74, 6) is 0.260. The van der Waals surface area contributed by atoms with Crippen LogP contribution in [0.4, 0.5) is 5.69 Å². The second-order valence-electron chi connectivity index (χ2n) is 7.80. The molecule has 0 heterocycles. The molecule has 0 bridgehead atoms. The van der Waals surface area contributed by atoms with E-state index in [0.717, 1.165) is 36.8 Å². The fraction of sp³-hybridized carbons (Fsp3) is 0.417. The quantitative estimate of drug-likeness (QED) is 0.741. The number of benzene rings is 2. The Morgan fingerprint density at radius 3 is 2.48 bits per heavy atom. The normalized spacial score (nSPS) is 15.4. The van der Waals surface area contributed by atoms with Crippen molar-refractivity contribution in [2.45, 2.75) is 65.0 Å². The molecule has 29 heavy (non-hydrogen) atoms. The molecule has 0 saturated heterocycles. The summed E-state index contributed by atoms with van der Waals surface area (Å²) in [6.45, 7) is 5.69. The molecule has 1 aliphatic carbocycles. The van der Waals surface area contributed by atoms with E-state index in [-0.39, 0.29) is 17.9 Å². The van der Waals surface area contributed by atoms with Gasteiger partial charge >= 0.3 is 0 Å². The van der Waals surface area contributed by atoms with Gasteiger partial charge in [0.25, 0.3) is 11.8 Å². The van der Waals surface area contributed by atoms with Crippen molar-refractivity contribution in [2.75, 3.05) is 5.32 Å². The van der Waals surface area contributed by atoms with Crippen LogP contribution in [0.25, 0.3) is 0 Å². The number of rotatable bonds is 6. The molecule has 2 aromatic rings. The number of hydrogen-bond acceptors (Lipinski definition) is 3. The van der Waals surface area contributed by atoms with Gasteiger partial charge in [0.05, 0.1) is 11.3 Å². The average Bonchev–Trinajstić information content (AvgIpc) is 2.72. The summed E-state index contributed by atoms with van der Waals surface area (Å²) in [6, 6.07) is 13.1. The van der Waals surface area contributed by atoms with Crippen LogP contribution in [0.15, 0.2) is 42.5 Å². The van der Waals surface area contributed by atoms with E-state index in [9.17, 15) is 9.59 Å². The van der Waals surface area contributed by atoms with Gasteiger partial charge < -0.3 is 15.4 Å². The van der Waals surface area contributed by atoms with Gasteiger partial charge in [-0.15, -0.1) is 0 Å². The Balaban J connectivity index is 1.67. The molecule has 1 fully saturated rings. The molecular weight excluding hydrogens is 364 g/mol. The van der Waals surface area contributed by atoms with Crippen LogP contribution < -0.4 is 15.4 Å². The Hall–Kier alpha value is -2.82. The monoisotopic (exact) mass is 394 g/mol. The maximum atomic E-state index is 12.8. The van der Waals surface area contributed by atoms with Gasteiger partial charge in [-0.3, -0.25) is 9.59 Å². The summed E-state index contributed by atoms with van der Waals surface area (Å²) < 4.78 is 5.87. The van der Waals surface area contributed by atoms with Crippen molar-refractivity contribution in [3.8, 4) is 5.75 Å². The van der Waals surface area contributed by atoms with Crippen LogP contribution in [0.5, 0.6) is 5.75 Å². The van der Waals surface area contributed by atoms with Crippen molar-refractivity contribution in [1.82, 2.24) is 5.32 Å². The maximum Gasteiger partial charge on any atom is 0.265 e. The lowest BCUT2D eigenvalue weighted by atomic mass is 9.95. The Morgan fingerprint density at radius 1 is 1.00 bits per heavy atom. The van der Waals surface area contributed by atoms with Crippen molar-refractivity contribution >= 4 is 17.5 Å². The van der Waals surface area contributed by atoms with Crippen molar-refractivity contribution in [1.29, 1.82) is 0 Å². The van der Waals surface area contributed by atoms with Crippen LogP contribution in [0, 0.1) is 13.8 Å². The van der Waals surface area contributed by atoms with Crippen LogP contribution in [0.1, 0.15) is 60.5 Å². The highest BCUT2D eigenvalue weighted by Crippen LogP contribution is 2.23. The lowest BCUT2D eigenvalue weighted by molar-refractivity contribution is -0.122. The predicted octanol–water partition coefficient (Wildman–Crippen LogP) is 4.77. The third-order valence-corrected chi connectivity index (χ3v) is 5.60. The summed E-state index contributed by atoms with van der Waals surface area (Å²) in [5.41, 5.74) is 3.10. The molecule has 0 unspecified atom stereocenters. The summed E-state index contributed by atoms with van der Waals surface area (Å²) in [6.07, 6.45) is 4.87. The molecule has 0 aromatic heterocycles. The van der Waals surface area contributed by atoms with E-state index in [0.29, 0.717) is 17.0 Å². The minimum absolute atomic E-state index is 0.143. The first-order valence-electron chi connectivity index (χ1n) is 10.4. The second-order valence-corrected chi connectivity index (χ2v) is 7.80. The smallest absolute Gasteiger partial charge is 0.265 e. The fourth-order valence-electron chi connectivity index (χ4n) is 3.63. The first-order valence-corrected chi connectivity index (χ1v) is 10.4. The number of para-hydroxylation sites is 1. The molecule has 1 atom stereocenters. The lowest BCUT2D eigenvalue weighted by Gasteiger charge is -2.23. The molecule has 1 aliphatic rings. The molecular formula is C24H30N2O3. The van der Waals surface area contributed by atoms with Gasteiger partial charge in [0.2, 0.25) is 0 Å². The largest absolute Gasteiger partial charge is 0.481 e. The highest BCUT2D eigenvalue weighted by atomic mass is 16.5. The number of anilines is 1. The van der Waals surface area contributed by atoms with Gasteiger partial charge in [0.1, 0.15) is 5.75 Å². The third kappa shape index (κ3) is 5.37. The van der Waals surface area contributed by atoms with Crippen molar-refractivity contribution in [3.05, 3.63) is 59.2 Å². The molecule has 2 N–H and O–H groups in total. The molecule has 1 saturated carbocycles. The highest BCUT2D eigenvalue weighted by molar-refractivity contribution is 6.04. The van der Waals surface area contributed by atoms with Crippen LogP contribution in [0.3, 0.4) is 0 Å². The van der Waals surface area contributed by atoms with E-state index in [1.165, 1.54) is 6.42 Å². The van der Waals surface area contributed by atoms with Gasteiger partial charge in [0.15, 0.2) is 6.10 Å². The molecule has 2 amide bonds. The Bertz CT molecular complexity index is 872. The molecule has 5 nitrogen and oxygen atoms in total. The average molecular weight is 395 g/mol. The Kier molecular flexibility index (Phi) is 6.91. The van der Waals surface area contributed by atoms with Crippen LogP contribution in [-0.2, 0) is 4.79 Å². The number of ether oxygens (including phenoxy) is 1. The summed E-state index contributed by atoms with van der Waals surface area (Å²) in [4.78, 5) is 25.5. The minimum Gasteiger partial charge on any atom is -0.481 e. The van der Waals surface area contributed by atoms with E-state index in [2.05, 4.69) is 10.6 Å². The van der Waals surface area contributed by atoms with Crippen molar-refractivity contribution in [2.24, 2.45) is 0 Å². The van der Waals surface area contributed by atoms with Crippen molar-refractivity contribution < 1.29 is 14.3 Å². The van der Waals surface area contributed by atoms with Crippen LogP contribution >= 0.6 is 0 Å². The molecule has 3 rings (SSSR count). The summed E-state index contributed by atoms with van der Waals surface area (Å²) >= 11 is 0. The molecule has 154 valence electrons. The van der Waals surface area contributed by atoms with E-state index < -0.39 is 6.10 Å². The topological polar surface area (TPSA) is 67.4 Å². The van der Waals surface area contributed by atoms with Crippen LogP contribution in [0.2, 0.25) is 0 Å². The molecule has 2 aromatic carbocycles. The van der Waals surface area contributed by atoms with Gasteiger partial charge in [0, 0.05) is 6.04 Å². The zero-order valence-corrected chi connectivity index (χ0v) is 17.5. The maximum absolute atomic E-state index is 12.8. The SMILES string of the molecule is Cc1cccc(O[C@@H](C)C(=O)Nc2ccccc2C(=O)NC2CCCCC2)c1C. The first-order chi connectivity index (χ1) is 14.0. The lowest BCUT2D eigenvalue weighted by Crippen LogP contribution is -2.37. The van der Waals surface area contributed by atoms with E-state index in [1.54, 1.807) is 19.1 Å². The standard InChI is InChI=1S/C24H30N2O3/c1-16-10-9-15-22(17(16)2)29-18(3)23(27)26-21-14-8-7-13-20(21)24(28)25-19-11-5-4-6-12-19/h7-10,13-15,18-19H,4-6,11-12H2,1-3H3,(H,25,28)(H,26,27)/t18-/m0/s1. The minimum atomic E-state index is -0.690. The number of amides is 2. The van der Waals surface area contributed by atoms with Gasteiger partial charge in [-0.2, -0.15) is 0 Å². The molecule has 0 aliphatic heterocycles. The number of carbonyl (C=O) groups is 2. The second kappa shape index (κ2) is 9.59. The number of hydrogen-bond donors (Lipinski definition) is 2. The van der Waals surface area contributed by atoms with Crippen LogP contribution in [-0.4, -0.2) is 24.0 Å². The van der Waals surface area contributed by atoms with E-state index >= 15 is 0 Å². The molecule has 0 radical (unpaired) electrons. The van der Waals surface area contributed by atoms with Crippen molar-refractivity contribution in [3.63, 3.8) is 0 Å². The summed E-state index contributed by atoms with van der Waals surface area (Å²) in [7, 11) is 0. The highest BCUT2D eigenvalue weighted by Gasteiger charge is 2.21. The zero-order valence-electron chi connectivity index (χ0n) is 17.5. The van der Waals surface area contributed by atoms with Gasteiger partial charge in [-0.05, 0) is 62.9 Å². The Labute approximate surface area is 172 Å². The number of nitrogens with one attached hydrogen (secondary N) is 2. The fourth-order valence-corrected chi connectivity index (χ4v) is 3.63. The Morgan fingerprint density at radius 2 is 1.72 bits per heavy atom. The zero-order chi connectivity index (χ0) is 20.8.